The highest BCUT2D eigenvalue weighted by Gasteiger charge is 2.65. The molecule has 1 aromatic heterocycles. The summed E-state index contributed by atoms with van der Waals surface area (Å²) in [6.07, 6.45) is -0.588. The molecule has 4 atom stereocenters. The van der Waals surface area contributed by atoms with Crippen molar-refractivity contribution in [3.63, 3.8) is 0 Å². The zero-order chi connectivity index (χ0) is 34.0. The number of ether oxygens (including phenoxy) is 6. The number of hydrogen-bond acceptors (Lipinski definition) is 9. The zero-order valence-corrected chi connectivity index (χ0v) is 27.7. The lowest BCUT2D eigenvalue weighted by atomic mass is 9.79. The predicted molar refractivity (Wildman–Crippen MR) is 184 cm³/mol. The van der Waals surface area contributed by atoms with Crippen molar-refractivity contribution in [3.8, 4) is 11.5 Å². The Morgan fingerprint density at radius 1 is 0.857 bits per heavy atom. The fraction of sp³-hybridized carbons (Fsp3) is 0.282. The van der Waals surface area contributed by atoms with E-state index in [0.29, 0.717) is 23.7 Å². The number of aryl methyl sites for hydroxylation is 1. The van der Waals surface area contributed by atoms with E-state index in [4.69, 9.17) is 34.2 Å². The van der Waals surface area contributed by atoms with Crippen LogP contribution in [-0.4, -0.2) is 54.8 Å². The second-order valence-corrected chi connectivity index (χ2v) is 12.4. The summed E-state index contributed by atoms with van der Waals surface area (Å²) in [6.45, 7) is 2.50. The molecule has 7 rings (SSSR count). The van der Waals surface area contributed by atoms with Crippen LogP contribution in [0.3, 0.4) is 0 Å². The Bertz CT molecular complexity index is 1890. The molecular formula is C39H39N3O7. The smallest absolute Gasteiger partial charge is 0.351 e. The zero-order valence-electron chi connectivity index (χ0n) is 27.7. The average Bonchev–Trinajstić information content (AvgIpc) is 3.63. The first-order chi connectivity index (χ1) is 23.9. The van der Waals surface area contributed by atoms with Gasteiger partial charge in [0.25, 0.3) is 0 Å². The molecule has 49 heavy (non-hydrogen) atoms. The normalized spacial score (nSPS) is 21.5. The molecule has 2 fully saturated rings. The average molecular weight is 662 g/mol. The Kier molecular flexibility index (Phi) is 8.96. The number of fused-ring (bicyclic) bond motifs is 2. The molecule has 2 bridgehead atoms. The van der Waals surface area contributed by atoms with Gasteiger partial charge in [-0.15, -0.1) is 0 Å². The predicted octanol–water partition coefficient (Wildman–Crippen LogP) is 5.41. The van der Waals surface area contributed by atoms with E-state index in [0.717, 1.165) is 22.3 Å². The fourth-order valence-corrected chi connectivity index (χ4v) is 6.79. The van der Waals surface area contributed by atoms with Crippen molar-refractivity contribution in [2.24, 2.45) is 0 Å². The molecule has 252 valence electrons. The number of rotatable bonds is 12. The molecule has 2 aliphatic heterocycles. The third kappa shape index (κ3) is 5.97. The Hall–Kier alpha value is -5.00. The lowest BCUT2D eigenvalue weighted by molar-refractivity contribution is -0.199. The highest BCUT2D eigenvalue weighted by Crippen LogP contribution is 2.52. The van der Waals surface area contributed by atoms with Gasteiger partial charge < -0.3 is 34.2 Å². The maximum Gasteiger partial charge on any atom is 0.351 e. The quantitative estimate of drug-likeness (QED) is 0.175. The van der Waals surface area contributed by atoms with Gasteiger partial charge in [-0.05, 0) is 53.4 Å². The van der Waals surface area contributed by atoms with Gasteiger partial charge in [-0.2, -0.15) is 4.98 Å². The molecule has 0 unspecified atom stereocenters. The number of anilines is 1. The molecule has 4 aromatic carbocycles. The van der Waals surface area contributed by atoms with Crippen molar-refractivity contribution in [3.05, 3.63) is 154 Å². The monoisotopic (exact) mass is 661 g/mol. The SMILES string of the molecule is COc1ccc(C(O[C@H]2[C@H]3OC[C@@]2(COCc2ccccc2)O[C@H]3n2cc(C)c(N)nc2=O)(c2ccccc2)c2ccc(OC)cc2)cc1. The summed E-state index contributed by atoms with van der Waals surface area (Å²) in [5.74, 6) is 1.59. The maximum absolute atomic E-state index is 13.3. The van der Waals surface area contributed by atoms with Crippen LogP contribution in [0.1, 0.15) is 34.0 Å². The van der Waals surface area contributed by atoms with Crippen LogP contribution in [0.2, 0.25) is 0 Å². The van der Waals surface area contributed by atoms with Gasteiger partial charge in [0.05, 0.1) is 34.0 Å². The Morgan fingerprint density at radius 2 is 1.43 bits per heavy atom. The third-order valence-electron chi connectivity index (χ3n) is 9.36. The molecular weight excluding hydrogens is 622 g/mol. The van der Waals surface area contributed by atoms with Crippen molar-refractivity contribution >= 4 is 5.82 Å². The van der Waals surface area contributed by atoms with Crippen LogP contribution in [0.5, 0.6) is 11.5 Å². The minimum Gasteiger partial charge on any atom is -0.497 e. The van der Waals surface area contributed by atoms with Crippen LogP contribution < -0.4 is 20.9 Å². The van der Waals surface area contributed by atoms with Crippen LogP contribution in [0, 0.1) is 6.92 Å². The summed E-state index contributed by atoms with van der Waals surface area (Å²) < 4.78 is 39.8. The highest BCUT2D eigenvalue weighted by molar-refractivity contribution is 5.50. The second-order valence-electron chi connectivity index (χ2n) is 12.4. The lowest BCUT2D eigenvalue weighted by Gasteiger charge is -2.40. The molecule has 2 saturated heterocycles. The van der Waals surface area contributed by atoms with E-state index >= 15 is 0 Å². The van der Waals surface area contributed by atoms with Crippen molar-refractivity contribution in [2.45, 2.75) is 43.2 Å². The number of nitrogen functional groups attached to an aromatic ring is 1. The highest BCUT2D eigenvalue weighted by atomic mass is 16.7. The first-order valence-electron chi connectivity index (χ1n) is 16.2. The summed E-state index contributed by atoms with van der Waals surface area (Å²) in [6, 6.07) is 35.6. The minimum absolute atomic E-state index is 0.145. The van der Waals surface area contributed by atoms with Crippen LogP contribution in [0.15, 0.2) is 120 Å². The Labute approximate surface area is 284 Å². The van der Waals surface area contributed by atoms with Crippen LogP contribution in [0.4, 0.5) is 5.82 Å². The number of nitrogens with two attached hydrogens (primary N) is 1. The molecule has 0 radical (unpaired) electrons. The van der Waals surface area contributed by atoms with Crippen LogP contribution in [-0.2, 0) is 31.2 Å². The van der Waals surface area contributed by atoms with Gasteiger partial charge in [0.2, 0.25) is 0 Å². The third-order valence-corrected chi connectivity index (χ3v) is 9.36. The summed E-state index contributed by atoms with van der Waals surface area (Å²) in [7, 11) is 3.28. The van der Waals surface area contributed by atoms with Crippen LogP contribution >= 0.6 is 0 Å². The standard InChI is InChI=1S/C39H39N3O7/c1-26-22-42(37(43)41-35(26)40)36-33-34(38(49-36,25-47-33)24-46-23-27-10-6-4-7-11-27)48-39(28-12-8-5-9-13-28,29-14-18-31(44-2)19-15-29)30-16-20-32(45-3)21-17-30/h4-22,33-34,36H,23-25H2,1-3H3,(H2,40,41,43)/t33-,34+,36-,38-/m1/s1. The van der Waals surface area contributed by atoms with Crippen LogP contribution in [0.25, 0.3) is 0 Å². The molecule has 0 aliphatic carbocycles. The van der Waals surface area contributed by atoms with E-state index in [1.807, 2.05) is 109 Å². The van der Waals surface area contributed by atoms with Gasteiger partial charge >= 0.3 is 5.69 Å². The Morgan fingerprint density at radius 3 is 2.02 bits per heavy atom. The number of hydrogen-bond donors (Lipinski definition) is 1. The van der Waals surface area contributed by atoms with Crippen molar-refractivity contribution < 1.29 is 28.4 Å². The molecule has 0 spiro atoms. The summed E-state index contributed by atoms with van der Waals surface area (Å²) >= 11 is 0. The first-order valence-corrected chi connectivity index (χ1v) is 16.2. The number of benzene rings is 4. The molecule has 2 aliphatic rings. The largest absolute Gasteiger partial charge is 0.497 e. The molecule has 0 amide bonds. The van der Waals surface area contributed by atoms with Gasteiger partial charge in [0.1, 0.15) is 40.7 Å². The van der Waals surface area contributed by atoms with E-state index in [1.54, 1.807) is 27.3 Å². The molecule has 10 heteroatoms. The van der Waals surface area contributed by atoms with E-state index in [2.05, 4.69) is 4.98 Å². The van der Waals surface area contributed by atoms with Gasteiger partial charge in [-0.25, -0.2) is 4.79 Å². The maximum atomic E-state index is 13.3. The van der Waals surface area contributed by atoms with Gasteiger partial charge in [0.15, 0.2) is 6.23 Å². The molecule has 10 nitrogen and oxygen atoms in total. The summed E-state index contributed by atoms with van der Waals surface area (Å²) in [5, 5.41) is 0. The van der Waals surface area contributed by atoms with E-state index in [-0.39, 0.29) is 19.0 Å². The fourth-order valence-electron chi connectivity index (χ4n) is 6.79. The second kappa shape index (κ2) is 13.5. The molecule has 5 aromatic rings. The summed E-state index contributed by atoms with van der Waals surface area (Å²) in [4.78, 5) is 17.3. The molecule has 3 heterocycles. The van der Waals surface area contributed by atoms with E-state index in [1.165, 1.54) is 4.57 Å². The Balaban J connectivity index is 1.38. The number of methoxy groups -OCH3 is 2. The van der Waals surface area contributed by atoms with Gasteiger partial charge in [-0.1, -0.05) is 84.9 Å². The van der Waals surface area contributed by atoms with Gasteiger partial charge in [0, 0.05) is 11.8 Å². The van der Waals surface area contributed by atoms with Crippen molar-refractivity contribution in [1.29, 1.82) is 0 Å². The number of nitrogens with zero attached hydrogens (tertiary/aromatic N) is 2. The minimum atomic E-state index is -1.17. The number of aromatic nitrogens is 2. The van der Waals surface area contributed by atoms with Crippen molar-refractivity contribution in [2.75, 3.05) is 33.2 Å². The van der Waals surface area contributed by atoms with Gasteiger partial charge in [-0.3, -0.25) is 4.57 Å². The molecule has 2 N–H and O–H groups in total. The topological polar surface area (TPSA) is 116 Å². The first kappa shape index (κ1) is 32.5. The molecule has 0 saturated carbocycles. The van der Waals surface area contributed by atoms with E-state index in [9.17, 15) is 4.79 Å². The summed E-state index contributed by atoms with van der Waals surface area (Å²) in [5.41, 5.74) is 7.47. The van der Waals surface area contributed by atoms with E-state index < -0.39 is 35.3 Å². The van der Waals surface area contributed by atoms with Crippen molar-refractivity contribution in [1.82, 2.24) is 9.55 Å². The lowest BCUT2D eigenvalue weighted by Crippen LogP contribution is -2.50.